The van der Waals surface area contributed by atoms with Gasteiger partial charge in [0.1, 0.15) is 0 Å². The average molecular weight is 158 g/mol. The summed E-state index contributed by atoms with van der Waals surface area (Å²) < 4.78 is 0. The molecule has 1 heterocycles. The van der Waals surface area contributed by atoms with Crippen molar-refractivity contribution in [2.45, 2.75) is 6.92 Å². The summed E-state index contributed by atoms with van der Waals surface area (Å²) >= 11 is 1.69. The first-order valence-electron chi connectivity index (χ1n) is 3.02. The standard InChI is InChI=1S/C6H10N2OS/c1-5-3-10-4-8(5)2-6(7)9/h3H,2,4H2,1H3,(H2,7,9). The fourth-order valence-electron chi connectivity index (χ4n) is 0.783. The largest absolute Gasteiger partial charge is 0.368 e. The minimum atomic E-state index is -0.268. The maximum absolute atomic E-state index is 10.4. The lowest BCUT2D eigenvalue weighted by atomic mass is 10.4. The molecule has 0 aromatic rings. The minimum absolute atomic E-state index is 0.268. The lowest BCUT2D eigenvalue weighted by Crippen LogP contribution is -2.30. The van der Waals surface area contributed by atoms with Crippen LogP contribution in [-0.2, 0) is 4.79 Å². The van der Waals surface area contributed by atoms with E-state index in [1.165, 1.54) is 0 Å². The van der Waals surface area contributed by atoms with Crippen LogP contribution in [0, 0.1) is 0 Å². The van der Waals surface area contributed by atoms with E-state index in [0.717, 1.165) is 11.6 Å². The molecular weight excluding hydrogens is 148 g/mol. The van der Waals surface area contributed by atoms with Crippen LogP contribution in [0.2, 0.25) is 0 Å². The van der Waals surface area contributed by atoms with Crippen molar-refractivity contribution in [2.24, 2.45) is 5.73 Å². The normalized spacial score (nSPS) is 17.3. The smallest absolute Gasteiger partial charge is 0.236 e. The molecule has 56 valence electrons. The van der Waals surface area contributed by atoms with Gasteiger partial charge < -0.3 is 10.6 Å². The Morgan fingerprint density at radius 1 is 2.00 bits per heavy atom. The average Bonchev–Trinajstić information content (AvgIpc) is 2.15. The molecule has 1 amide bonds. The molecule has 0 atom stereocenters. The fraction of sp³-hybridized carbons (Fsp3) is 0.500. The van der Waals surface area contributed by atoms with Crippen LogP contribution in [0.25, 0.3) is 0 Å². The lowest BCUT2D eigenvalue weighted by Gasteiger charge is -2.15. The van der Waals surface area contributed by atoms with E-state index >= 15 is 0 Å². The summed E-state index contributed by atoms with van der Waals surface area (Å²) in [7, 11) is 0. The van der Waals surface area contributed by atoms with Gasteiger partial charge in [0.15, 0.2) is 0 Å². The molecule has 1 aliphatic rings. The van der Waals surface area contributed by atoms with Crippen molar-refractivity contribution in [1.29, 1.82) is 0 Å². The monoisotopic (exact) mass is 158 g/mol. The molecule has 10 heavy (non-hydrogen) atoms. The number of nitrogens with zero attached hydrogens (tertiary/aromatic N) is 1. The van der Waals surface area contributed by atoms with Gasteiger partial charge in [0.25, 0.3) is 0 Å². The highest BCUT2D eigenvalue weighted by Crippen LogP contribution is 2.21. The number of carbonyl (C=O) groups is 1. The van der Waals surface area contributed by atoms with Gasteiger partial charge in [-0.3, -0.25) is 4.79 Å². The number of hydrogen-bond donors (Lipinski definition) is 1. The van der Waals surface area contributed by atoms with E-state index in [2.05, 4.69) is 0 Å². The van der Waals surface area contributed by atoms with Crippen LogP contribution in [0.1, 0.15) is 6.92 Å². The first kappa shape index (κ1) is 7.47. The molecule has 0 aromatic heterocycles. The molecule has 1 aliphatic heterocycles. The van der Waals surface area contributed by atoms with Crippen molar-refractivity contribution in [2.75, 3.05) is 12.4 Å². The van der Waals surface area contributed by atoms with Gasteiger partial charge in [-0.15, -0.1) is 11.8 Å². The van der Waals surface area contributed by atoms with Crippen LogP contribution in [0.5, 0.6) is 0 Å². The molecule has 0 radical (unpaired) electrons. The second-order valence-corrected chi connectivity index (χ2v) is 3.05. The Kier molecular flexibility index (Phi) is 2.21. The predicted octanol–water partition coefficient (Wildman–Crippen LogP) is 0.339. The summed E-state index contributed by atoms with van der Waals surface area (Å²) in [6.45, 7) is 2.32. The van der Waals surface area contributed by atoms with Gasteiger partial charge in [0, 0.05) is 5.70 Å². The van der Waals surface area contributed by atoms with Crippen molar-refractivity contribution < 1.29 is 4.79 Å². The van der Waals surface area contributed by atoms with Crippen LogP contribution in [0.3, 0.4) is 0 Å². The molecule has 1 rings (SSSR count). The molecule has 0 saturated heterocycles. The van der Waals surface area contributed by atoms with Crippen LogP contribution >= 0.6 is 11.8 Å². The molecule has 3 nitrogen and oxygen atoms in total. The van der Waals surface area contributed by atoms with Crippen LogP contribution < -0.4 is 5.73 Å². The minimum Gasteiger partial charge on any atom is -0.368 e. The maximum atomic E-state index is 10.4. The predicted molar refractivity (Wildman–Crippen MR) is 42.1 cm³/mol. The number of rotatable bonds is 2. The summed E-state index contributed by atoms with van der Waals surface area (Å²) in [5.41, 5.74) is 6.15. The zero-order valence-electron chi connectivity index (χ0n) is 5.83. The fourth-order valence-corrected chi connectivity index (χ4v) is 1.72. The van der Waals surface area contributed by atoms with Gasteiger partial charge in [-0.05, 0) is 12.3 Å². The van der Waals surface area contributed by atoms with Gasteiger partial charge in [0.2, 0.25) is 5.91 Å². The summed E-state index contributed by atoms with van der Waals surface area (Å²) in [6.07, 6.45) is 0. The number of allylic oxidation sites excluding steroid dienone is 1. The van der Waals surface area contributed by atoms with E-state index in [0.29, 0.717) is 6.54 Å². The summed E-state index contributed by atoms with van der Waals surface area (Å²) in [5, 5.41) is 2.03. The van der Waals surface area contributed by atoms with E-state index in [4.69, 9.17) is 5.73 Å². The highest BCUT2D eigenvalue weighted by molar-refractivity contribution is 8.02. The van der Waals surface area contributed by atoms with Gasteiger partial charge in [-0.25, -0.2) is 0 Å². The molecule has 4 heteroatoms. The lowest BCUT2D eigenvalue weighted by molar-refractivity contribution is -0.118. The molecule has 0 fully saturated rings. The van der Waals surface area contributed by atoms with Crippen molar-refractivity contribution in [3.05, 3.63) is 11.1 Å². The first-order chi connectivity index (χ1) is 4.70. The van der Waals surface area contributed by atoms with Gasteiger partial charge in [-0.1, -0.05) is 0 Å². The molecule has 0 bridgehead atoms. The van der Waals surface area contributed by atoms with E-state index in [1.54, 1.807) is 11.8 Å². The maximum Gasteiger partial charge on any atom is 0.236 e. The first-order valence-corrected chi connectivity index (χ1v) is 4.06. The van der Waals surface area contributed by atoms with Crippen molar-refractivity contribution in [1.82, 2.24) is 4.90 Å². The zero-order chi connectivity index (χ0) is 7.56. The van der Waals surface area contributed by atoms with E-state index in [-0.39, 0.29) is 5.91 Å². The topological polar surface area (TPSA) is 46.3 Å². The quantitative estimate of drug-likeness (QED) is 0.630. The summed E-state index contributed by atoms with van der Waals surface area (Å²) in [5.74, 6) is 0.588. The van der Waals surface area contributed by atoms with E-state index in [9.17, 15) is 4.79 Å². The number of primary amides is 1. The van der Waals surface area contributed by atoms with Crippen molar-refractivity contribution in [3.63, 3.8) is 0 Å². The van der Waals surface area contributed by atoms with Crippen LogP contribution in [-0.4, -0.2) is 23.2 Å². The second kappa shape index (κ2) is 2.96. The summed E-state index contributed by atoms with van der Waals surface area (Å²) in [6, 6.07) is 0. The zero-order valence-corrected chi connectivity index (χ0v) is 6.65. The van der Waals surface area contributed by atoms with Crippen molar-refractivity contribution in [3.8, 4) is 0 Å². The van der Waals surface area contributed by atoms with E-state index in [1.807, 2.05) is 17.2 Å². The van der Waals surface area contributed by atoms with E-state index < -0.39 is 0 Å². The highest BCUT2D eigenvalue weighted by atomic mass is 32.2. The molecule has 0 saturated carbocycles. The highest BCUT2D eigenvalue weighted by Gasteiger charge is 2.12. The van der Waals surface area contributed by atoms with Crippen LogP contribution in [0.4, 0.5) is 0 Å². The van der Waals surface area contributed by atoms with Gasteiger partial charge >= 0.3 is 0 Å². The second-order valence-electron chi connectivity index (χ2n) is 2.22. The van der Waals surface area contributed by atoms with Gasteiger partial charge in [0.05, 0.1) is 12.4 Å². The number of amides is 1. The molecule has 0 aliphatic carbocycles. The SMILES string of the molecule is CC1=CSCN1CC(N)=O. The molecule has 0 spiro atoms. The number of nitrogens with two attached hydrogens (primary N) is 1. The Morgan fingerprint density at radius 3 is 3.10 bits per heavy atom. The molecule has 0 unspecified atom stereocenters. The molecule has 0 aromatic carbocycles. The Hall–Kier alpha value is -0.640. The number of hydrogen-bond acceptors (Lipinski definition) is 3. The number of carbonyl (C=O) groups excluding carboxylic acids is 1. The van der Waals surface area contributed by atoms with Crippen molar-refractivity contribution >= 4 is 17.7 Å². The third-order valence-corrected chi connectivity index (χ3v) is 2.30. The van der Waals surface area contributed by atoms with Gasteiger partial charge in [-0.2, -0.15) is 0 Å². The Balaban J connectivity index is 2.43. The third kappa shape index (κ3) is 1.67. The third-order valence-electron chi connectivity index (χ3n) is 1.33. The Bertz CT molecular complexity index is 179. The Morgan fingerprint density at radius 2 is 2.70 bits per heavy atom. The molecular formula is C6H10N2OS. The number of thioether (sulfide) groups is 1. The van der Waals surface area contributed by atoms with Crippen LogP contribution in [0.15, 0.2) is 11.1 Å². The molecule has 2 N–H and O–H groups in total. The Labute approximate surface area is 64.3 Å². The summed E-state index contributed by atoms with van der Waals surface area (Å²) in [4.78, 5) is 12.4.